The van der Waals surface area contributed by atoms with E-state index in [-0.39, 0.29) is 17.9 Å². The summed E-state index contributed by atoms with van der Waals surface area (Å²) in [5.41, 5.74) is 0.811. The van der Waals surface area contributed by atoms with Crippen molar-refractivity contribution in [2.75, 3.05) is 26.2 Å². The fraction of sp³-hybridized carbons (Fsp3) is 0.500. The monoisotopic (exact) mass is 362 g/mol. The first kappa shape index (κ1) is 17.9. The minimum Gasteiger partial charge on any atom is -0.419 e. The van der Waals surface area contributed by atoms with Gasteiger partial charge in [-0.3, -0.25) is 9.69 Å². The van der Waals surface area contributed by atoms with Crippen LogP contribution in [0.4, 0.5) is 0 Å². The Kier molecular flexibility index (Phi) is 5.39. The molecule has 0 saturated carbocycles. The third kappa shape index (κ3) is 4.02. The molecule has 1 amide bonds. The molecule has 134 valence electrons. The van der Waals surface area contributed by atoms with Crippen LogP contribution in [0.5, 0.6) is 0 Å². The number of aromatic nitrogens is 2. The molecule has 2 heterocycles. The molecule has 1 aliphatic heterocycles. The summed E-state index contributed by atoms with van der Waals surface area (Å²) >= 11 is 6.02. The van der Waals surface area contributed by atoms with E-state index >= 15 is 0 Å². The molecule has 25 heavy (non-hydrogen) atoms. The van der Waals surface area contributed by atoms with E-state index in [9.17, 15) is 4.79 Å². The highest BCUT2D eigenvalue weighted by Crippen LogP contribution is 2.26. The predicted octanol–water partition coefficient (Wildman–Crippen LogP) is 3.25. The van der Waals surface area contributed by atoms with E-state index in [2.05, 4.69) is 22.0 Å². The van der Waals surface area contributed by atoms with E-state index < -0.39 is 0 Å². The third-order valence-corrected chi connectivity index (χ3v) is 4.77. The van der Waals surface area contributed by atoms with Crippen LogP contribution < -0.4 is 0 Å². The normalized spacial score (nSPS) is 17.1. The lowest BCUT2D eigenvalue weighted by Gasteiger charge is -2.37. The molecule has 2 aromatic rings. The van der Waals surface area contributed by atoms with Gasteiger partial charge in [-0.1, -0.05) is 31.5 Å². The maximum Gasteiger partial charge on any atom is 0.247 e. The van der Waals surface area contributed by atoms with Crippen LogP contribution in [0.15, 0.2) is 28.7 Å². The van der Waals surface area contributed by atoms with Gasteiger partial charge in [-0.05, 0) is 25.1 Å². The average molecular weight is 363 g/mol. The van der Waals surface area contributed by atoms with Gasteiger partial charge in [0.15, 0.2) is 0 Å². The number of nitrogens with zero attached hydrogens (tertiary/aromatic N) is 4. The summed E-state index contributed by atoms with van der Waals surface area (Å²) < 4.78 is 5.85. The minimum atomic E-state index is 0.0109. The first-order valence-electron chi connectivity index (χ1n) is 8.58. The largest absolute Gasteiger partial charge is 0.419 e. The van der Waals surface area contributed by atoms with Gasteiger partial charge >= 0.3 is 0 Å². The van der Waals surface area contributed by atoms with Crippen LogP contribution in [0.25, 0.3) is 11.5 Å². The number of carbonyl (C=O) groups is 1. The molecule has 0 N–H and O–H groups in total. The first-order valence-corrected chi connectivity index (χ1v) is 8.95. The van der Waals surface area contributed by atoms with Crippen molar-refractivity contribution >= 4 is 17.5 Å². The molecule has 1 fully saturated rings. The summed E-state index contributed by atoms with van der Waals surface area (Å²) in [5.74, 6) is 1.31. The minimum absolute atomic E-state index is 0.0109. The Labute approximate surface area is 152 Å². The highest BCUT2D eigenvalue weighted by molar-refractivity contribution is 6.30. The molecular formula is C18H23ClN4O2. The molecule has 1 aliphatic rings. The van der Waals surface area contributed by atoms with Crippen LogP contribution >= 0.6 is 11.6 Å². The summed E-state index contributed by atoms with van der Waals surface area (Å²) in [7, 11) is 0. The first-order chi connectivity index (χ1) is 12.0. The number of hydrogen-bond donors (Lipinski definition) is 0. The van der Waals surface area contributed by atoms with Gasteiger partial charge in [-0.2, -0.15) is 0 Å². The van der Waals surface area contributed by atoms with Crippen molar-refractivity contribution < 1.29 is 9.21 Å². The van der Waals surface area contributed by atoms with Crippen molar-refractivity contribution in [1.29, 1.82) is 0 Å². The number of hydrogen-bond acceptors (Lipinski definition) is 5. The summed E-state index contributed by atoms with van der Waals surface area (Å²) in [6, 6.07) is 7.37. The lowest BCUT2D eigenvalue weighted by molar-refractivity contribution is -0.136. The van der Waals surface area contributed by atoms with Gasteiger partial charge in [0.2, 0.25) is 17.7 Å². The highest BCUT2D eigenvalue weighted by Gasteiger charge is 2.28. The van der Waals surface area contributed by atoms with E-state index in [0.717, 1.165) is 31.7 Å². The van der Waals surface area contributed by atoms with Crippen molar-refractivity contribution in [3.05, 3.63) is 35.2 Å². The van der Waals surface area contributed by atoms with Crippen LogP contribution in [0.1, 0.15) is 32.7 Å². The van der Waals surface area contributed by atoms with E-state index in [4.69, 9.17) is 16.0 Å². The Balaban J connectivity index is 1.65. The van der Waals surface area contributed by atoms with Gasteiger partial charge < -0.3 is 9.32 Å². The molecule has 0 bridgehead atoms. The second-order valence-electron chi connectivity index (χ2n) is 6.65. The quantitative estimate of drug-likeness (QED) is 0.835. The smallest absolute Gasteiger partial charge is 0.247 e. The van der Waals surface area contributed by atoms with E-state index in [1.807, 2.05) is 36.9 Å². The third-order valence-electron chi connectivity index (χ3n) is 4.54. The van der Waals surface area contributed by atoms with Gasteiger partial charge in [-0.25, -0.2) is 0 Å². The van der Waals surface area contributed by atoms with Gasteiger partial charge in [0, 0.05) is 42.7 Å². The molecule has 0 aliphatic carbocycles. The van der Waals surface area contributed by atoms with Crippen LogP contribution in [-0.4, -0.2) is 52.1 Å². The number of rotatable bonds is 4. The fourth-order valence-corrected chi connectivity index (χ4v) is 3.18. The molecule has 1 aromatic carbocycles. The molecule has 7 heteroatoms. The van der Waals surface area contributed by atoms with Crippen molar-refractivity contribution in [2.24, 2.45) is 5.92 Å². The molecule has 6 nitrogen and oxygen atoms in total. The molecule has 3 rings (SSSR count). The lowest BCUT2D eigenvalue weighted by atomic mass is 10.1. The predicted molar refractivity (Wildman–Crippen MR) is 96.2 cm³/mol. The van der Waals surface area contributed by atoms with Crippen molar-refractivity contribution in [3.8, 4) is 11.5 Å². The Morgan fingerprint density at radius 1 is 1.16 bits per heavy atom. The van der Waals surface area contributed by atoms with Crippen LogP contribution in [0.2, 0.25) is 5.02 Å². The van der Waals surface area contributed by atoms with E-state index in [1.54, 1.807) is 6.07 Å². The Bertz CT molecular complexity index is 738. The zero-order valence-electron chi connectivity index (χ0n) is 14.8. The number of carbonyl (C=O) groups excluding carboxylic acids is 1. The highest BCUT2D eigenvalue weighted by atomic mass is 35.5. The zero-order chi connectivity index (χ0) is 18.0. The molecule has 0 spiro atoms. The standard InChI is InChI=1S/C18H23ClN4O2/c1-12(2)18(24)23-9-7-22(8-10-23)13(3)16-20-21-17(25-16)14-5-4-6-15(19)11-14/h4-6,11-13H,7-10H2,1-3H3/t13-/m0/s1. The summed E-state index contributed by atoms with van der Waals surface area (Å²) in [5, 5.41) is 8.98. The molecule has 1 atom stereocenters. The lowest BCUT2D eigenvalue weighted by Crippen LogP contribution is -2.50. The van der Waals surface area contributed by atoms with Crippen molar-refractivity contribution in [1.82, 2.24) is 20.0 Å². The molecular weight excluding hydrogens is 340 g/mol. The van der Waals surface area contributed by atoms with Gasteiger partial charge in [-0.15, -0.1) is 10.2 Å². The van der Waals surface area contributed by atoms with Crippen molar-refractivity contribution in [2.45, 2.75) is 26.8 Å². The van der Waals surface area contributed by atoms with Crippen LogP contribution in [-0.2, 0) is 4.79 Å². The maximum absolute atomic E-state index is 12.1. The fourth-order valence-electron chi connectivity index (χ4n) is 2.99. The number of piperazine rings is 1. The van der Waals surface area contributed by atoms with Gasteiger partial charge in [0.25, 0.3) is 0 Å². The van der Waals surface area contributed by atoms with Crippen LogP contribution in [0.3, 0.4) is 0 Å². The average Bonchev–Trinajstić information content (AvgIpc) is 3.10. The number of amides is 1. The van der Waals surface area contributed by atoms with E-state index in [0.29, 0.717) is 16.8 Å². The zero-order valence-corrected chi connectivity index (χ0v) is 15.5. The summed E-state index contributed by atoms with van der Waals surface area (Å²) in [6.07, 6.45) is 0. The Hall–Kier alpha value is -1.92. The Morgan fingerprint density at radius 2 is 1.88 bits per heavy atom. The summed E-state index contributed by atoms with van der Waals surface area (Å²) in [4.78, 5) is 16.3. The molecule has 1 aromatic heterocycles. The van der Waals surface area contributed by atoms with E-state index in [1.165, 1.54) is 0 Å². The molecule has 0 unspecified atom stereocenters. The summed E-state index contributed by atoms with van der Waals surface area (Å²) in [6.45, 7) is 8.99. The second kappa shape index (κ2) is 7.54. The van der Waals surface area contributed by atoms with Gasteiger partial charge in [0.1, 0.15) is 0 Å². The molecule has 1 saturated heterocycles. The SMILES string of the molecule is CC(C)C(=O)N1CCN([C@@H](C)c2nnc(-c3cccc(Cl)c3)o2)CC1. The topological polar surface area (TPSA) is 62.5 Å². The van der Waals surface area contributed by atoms with Crippen LogP contribution in [0, 0.1) is 5.92 Å². The maximum atomic E-state index is 12.1. The number of halogens is 1. The second-order valence-corrected chi connectivity index (χ2v) is 7.08. The van der Waals surface area contributed by atoms with Gasteiger partial charge in [0.05, 0.1) is 6.04 Å². The number of benzene rings is 1. The Morgan fingerprint density at radius 3 is 2.52 bits per heavy atom. The van der Waals surface area contributed by atoms with Crippen molar-refractivity contribution in [3.63, 3.8) is 0 Å². The molecule has 0 radical (unpaired) electrons.